The third kappa shape index (κ3) is 5.26. The standard InChI is InChI=1S/C12H19F3N2O3/c1-2-9(7-12(13,14)15)16-11(20)17-5-3-8(4-6-17)10(18)19/h8-9H,2-7H2,1H3,(H,16,20)(H,18,19). The van der Waals surface area contributed by atoms with Crippen molar-refractivity contribution in [3.8, 4) is 0 Å². The summed E-state index contributed by atoms with van der Waals surface area (Å²) in [6.45, 7) is 2.09. The molecule has 1 atom stereocenters. The van der Waals surface area contributed by atoms with Gasteiger partial charge in [0.25, 0.3) is 0 Å². The van der Waals surface area contributed by atoms with E-state index in [1.54, 1.807) is 6.92 Å². The van der Waals surface area contributed by atoms with Gasteiger partial charge in [-0.3, -0.25) is 4.79 Å². The number of piperidine rings is 1. The summed E-state index contributed by atoms with van der Waals surface area (Å²) < 4.78 is 36.9. The third-order valence-electron chi connectivity index (χ3n) is 3.43. The predicted octanol–water partition coefficient (Wildman–Crippen LogP) is 2.22. The van der Waals surface area contributed by atoms with Crippen molar-refractivity contribution in [3.05, 3.63) is 0 Å². The molecule has 0 aromatic heterocycles. The molecule has 0 radical (unpaired) electrons. The average Bonchev–Trinajstić information content (AvgIpc) is 2.36. The van der Waals surface area contributed by atoms with E-state index >= 15 is 0 Å². The number of aliphatic carboxylic acids is 1. The van der Waals surface area contributed by atoms with Crippen LogP contribution >= 0.6 is 0 Å². The van der Waals surface area contributed by atoms with Crippen LogP contribution in [0.2, 0.25) is 0 Å². The zero-order valence-electron chi connectivity index (χ0n) is 11.2. The Labute approximate surface area is 115 Å². The molecule has 0 aromatic carbocycles. The Balaban J connectivity index is 2.44. The number of carbonyl (C=O) groups is 2. The highest BCUT2D eigenvalue weighted by molar-refractivity contribution is 5.75. The predicted molar refractivity (Wildman–Crippen MR) is 65.2 cm³/mol. The van der Waals surface area contributed by atoms with E-state index in [4.69, 9.17) is 5.11 Å². The number of nitrogens with zero attached hydrogens (tertiary/aromatic N) is 1. The Hall–Kier alpha value is -1.47. The van der Waals surface area contributed by atoms with E-state index in [1.165, 1.54) is 4.90 Å². The number of hydrogen-bond donors (Lipinski definition) is 2. The van der Waals surface area contributed by atoms with Crippen LogP contribution in [-0.4, -0.2) is 47.3 Å². The normalized spacial score (nSPS) is 18.7. The maximum atomic E-state index is 12.3. The van der Waals surface area contributed by atoms with Crippen LogP contribution in [0.15, 0.2) is 0 Å². The molecule has 0 aliphatic carbocycles. The number of amides is 2. The lowest BCUT2D eigenvalue weighted by Crippen LogP contribution is -2.49. The monoisotopic (exact) mass is 296 g/mol. The smallest absolute Gasteiger partial charge is 0.391 e. The van der Waals surface area contributed by atoms with Gasteiger partial charge in [0.1, 0.15) is 0 Å². The topological polar surface area (TPSA) is 69.6 Å². The number of rotatable bonds is 4. The van der Waals surface area contributed by atoms with Crippen LogP contribution in [0.5, 0.6) is 0 Å². The zero-order valence-corrected chi connectivity index (χ0v) is 11.2. The molecule has 1 aliphatic heterocycles. The zero-order chi connectivity index (χ0) is 15.3. The first-order valence-electron chi connectivity index (χ1n) is 6.58. The molecule has 0 aromatic rings. The second-order valence-electron chi connectivity index (χ2n) is 4.97. The van der Waals surface area contributed by atoms with E-state index in [0.717, 1.165) is 0 Å². The molecule has 2 amide bonds. The molecule has 1 unspecified atom stereocenters. The molecule has 1 aliphatic rings. The second-order valence-corrected chi connectivity index (χ2v) is 4.97. The van der Waals surface area contributed by atoms with Crippen molar-refractivity contribution in [2.24, 2.45) is 5.92 Å². The number of likely N-dealkylation sites (tertiary alicyclic amines) is 1. The minimum Gasteiger partial charge on any atom is -0.481 e. The summed E-state index contributed by atoms with van der Waals surface area (Å²) in [7, 11) is 0. The summed E-state index contributed by atoms with van der Waals surface area (Å²) in [4.78, 5) is 24.0. The molecule has 2 N–H and O–H groups in total. The second kappa shape index (κ2) is 6.81. The Morgan fingerprint density at radius 1 is 1.35 bits per heavy atom. The maximum Gasteiger partial charge on any atom is 0.391 e. The summed E-state index contributed by atoms with van der Waals surface area (Å²) in [6, 6.07) is -1.50. The molecular weight excluding hydrogens is 277 g/mol. The molecule has 116 valence electrons. The van der Waals surface area contributed by atoms with Crippen LogP contribution in [0.3, 0.4) is 0 Å². The highest BCUT2D eigenvalue weighted by Crippen LogP contribution is 2.23. The van der Waals surface area contributed by atoms with Crippen LogP contribution < -0.4 is 5.32 Å². The largest absolute Gasteiger partial charge is 0.481 e. The number of carboxylic acids is 1. The molecule has 5 nitrogen and oxygen atoms in total. The summed E-state index contributed by atoms with van der Waals surface area (Å²) >= 11 is 0. The van der Waals surface area contributed by atoms with Gasteiger partial charge in [0.15, 0.2) is 0 Å². The van der Waals surface area contributed by atoms with Gasteiger partial charge in [0.05, 0.1) is 12.3 Å². The minimum atomic E-state index is -4.32. The molecule has 8 heteroatoms. The fourth-order valence-electron chi connectivity index (χ4n) is 2.17. The summed E-state index contributed by atoms with van der Waals surface area (Å²) in [5.74, 6) is -1.37. The molecule has 1 rings (SSSR count). The van der Waals surface area contributed by atoms with Crippen molar-refractivity contribution in [2.75, 3.05) is 13.1 Å². The molecular formula is C12H19F3N2O3. The maximum absolute atomic E-state index is 12.3. The molecule has 0 bridgehead atoms. The number of halogens is 3. The SMILES string of the molecule is CCC(CC(F)(F)F)NC(=O)N1CCC(C(=O)O)CC1. The van der Waals surface area contributed by atoms with Gasteiger partial charge >= 0.3 is 18.2 Å². The number of alkyl halides is 3. The van der Waals surface area contributed by atoms with E-state index in [9.17, 15) is 22.8 Å². The van der Waals surface area contributed by atoms with Crippen molar-refractivity contribution in [1.29, 1.82) is 0 Å². The van der Waals surface area contributed by atoms with Crippen LogP contribution in [0.25, 0.3) is 0 Å². The summed E-state index contributed by atoms with van der Waals surface area (Å²) in [6.07, 6.45) is -4.51. The molecule has 1 heterocycles. The fraction of sp³-hybridized carbons (Fsp3) is 0.833. The van der Waals surface area contributed by atoms with Gasteiger partial charge in [-0.2, -0.15) is 13.2 Å². The first kappa shape index (κ1) is 16.6. The van der Waals surface area contributed by atoms with Crippen LogP contribution in [0.1, 0.15) is 32.6 Å². The van der Waals surface area contributed by atoms with E-state index in [0.29, 0.717) is 12.8 Å². The van der Waals surface area contributed by atoms with E-state index < -0.39 is 36.6 Å². The van der Waals surface area contributed by atoms with Crippen LogP contribution in [0.4, 0.5) is 18.0 Å². The third-order valence-corrected chi connectivity index (χ3v) is 3.43. The van der Waals surface area contributed by atoms with Crippen molar-refractivity contribution in [3.63, 3.8) is 0 Å². The van der Waals surface area contributed by atoms with Gasteiger partial charge in [0.2, 0.25) is 0 Å². The Kier molecular flexibility index (Phi) is 5.64. The highest BCUT2D eigenvalue weighted by atomic mass is 19.4. The van der Waals surface area contributed by atoms with Gasteiger partial charge in [-0.05, 0) is 19.3 Å². The van der Waals surface area contributed by atoms with Gasteiger partial charge in [-0.1, -0.05) is 6.92 Å². The summed E-state index contributed by atoms with van der Waals surface area (Å²) in [5, 5.41) is 11.2. The van der Waals surface area contributed by atoms with Gasteiger partial charge in [0, 0.05) is 19.1 Å². The van der Waals surface area contributed by atoms with Gasteiger partial charge in [-0.25, -0.2) is 4.79 Å². The minimum absolute atomic E-state index is 0.191. The highest BCUT2D eigenvalue weighted by Gasteiger charge is 2.33. The lowest BCUT2D eigenvalue weighted by molar-refractivity contribution is -0.143. The molecule has 20 heavy (non-hydrogen) atoms. The van der Waals surface area contributed by atoms with Crippen LogP contribution in [0, 0.1) is 5.92 Å². The fourth-order valence-corrected chi connectivity index (χ4v) is 2.17. The molecule has 0 spiro atoms. The number of nitrogens with one attached hydrogen (secondary N) is 1. The van der Waals surface area contributed by atoms with E-state index in [-0.39, 0.29) is 19.5 Å². The van der Waals surface area contributed by atoms with Gasteiger partial charge < -0.3 is 15.3 Å². The first-order valence-corrected chi connectivity index (χ1v) is 6.58. The van der Waals surface area contributed by atoms with Crippen molar-refractivity contribution in [2.45, 2.75) is 44.8 Å². The Morgan fingerprint density at radius 2 is 1.90 bits per heavy atom. The van der Waals surface area contributed by atoms with Crippen molar-refractivity contribution >= 4 is 12.0 Å². The van der Waals surface area contributed by atoms with Crippen LogP contribution in [-0.2, 0) is 4.79 Å². The van der Waals surface area contributed by atoms with E-state index in [2.05, 4.69) is 5.32 Å². The molecule has 1 fully saturated rings. The Morgan fingerprint density at radius 3 is 2.30 bits per heavy atom. The Bertz CT molecular complexity index is 352. The number of carboxylic acid groups (broad SMARTS) is 1. The van der Waals surface area contributed by atoms with Crippen molar-refractivity contribution in [1.82, 2.24) is 10.2 Å². The quantitative estimate of drug-likeness (QED) is 0.835. The number of carbonyl (C=O) groups excluding carboxylic acids is 1. The summed E-state index contributed by atoms with van der Waals surface area (Å²) in [5.41, 5.74) is 0. The van der Waals surface area contributed by atoms with Gasteiger partial charge in [-0.15, -0.1) is 0 Å². The first-order chi connectivity index (χ1) is 9.23. The average molecular weight is 296 g/mol. The lowest BCUT2D eigenvalue weighted by atomic mass is 9.97. The molecule has 0 saturated carbocycles. The number of hydrogen-bond acceptors (Lipinski definition) is 2. The number of urea groups is 1. The lowest BCUT2D eigenvalue weighted by Gasteiger charge is -2.31. The van der Waals surface area contributed by atoms with Crippen molar-refractivity contribution < 1.29 is 27.9 Å². The van der Waals surface area contributed by atoms with E-state index in [1.807, 2.05) is 0 Å². The molecule has 1 saturated heterocycles.